The molecule has 8 heteroatoms. The molecule has 0 fully saturated rings. The number of aromatic nitrogens is 1. The second-order valence-corrected chi connectivity index (χ2v) is 6.39. The lowest BCUT2D eigenvalue weighted by atomic mass is 10.2. The molecule has 0 saturated carbocycles. The highest BCUT2D eigenvalue weighted by molar-refractivity contribution is 7.11. The van der Waals surface area contributed by atoms with Crippen molar-refractivity contribution in [3.63, 3.8) is 0 Å². The fourth-order valence-electron chi connectivity index (χ4n) is 2.22. The minimum Gasteiger partial charge on any atom is -0.496 e. The predicted octanol–water partition coefficient (Wildman–Crippen LogP) is 2.57. The van der Waals surface area contributed by atoms with Gasteiger partial charge in [-0.15, -0.1) is 0 Å². The summed E-state index contributed by atoms with van der Waals surface area (Å²) in [5.74, 6) is 0.276. The molecule has 1 aromatic heterocycles. The van der Waals surface area contributed by atoms with Crippen LogP contribution < -0.4 is 14.9 Å². The van der Waals surface area contributed by atoms with Crippen LogP contribution in [0.2, 0.25) is 5.02 Å². The number of hydrogen-bond acceptors (Lipinski definition) is 5. The summed E-state index contributed by atoms with van der Waals surface area (Å²) < 4.78 is 6.80. The number of thiazole rings is 1. The van der Waals surface area contributed by atoms with Crippen molar-refractivity contribution in [1.82, 2.24) is 9.88 Å². The highest BCUT2D eigenvalue weighted by Gasteiger charge is 2.18. The van der Waals surface area contributed by atoms with E-state index in [1.165, 1.54) is 4.57 Å². The molecule has 0 aliphatic rings. The number of carbonyl (C=O) groups excluding carboxylic acids is 1. The molecule has 0 radical (unpaired) electrons. The average molecular weight is 366 g/mol. The number of nitriles is 1. The molecule has 0 aliphatic carbocycles. The van der Waals surface area contributed by atoms with E-state index in [2.05, 4.69) is 5.32 Å². The Labute approximate surface area is 148 Å². The van der Waals surface area contributed by atoms with Crippen LogP contribution in [-0.4, -0.2) is 24.1 Å². The molecular formula is C16H16ClN3O3S. The molecule has 0 unspecified atom stereocenters. The summed E-state index contributed by atoms with van der Waals surface area (Å²) in [6.45, 7) is 2.23. The molecule has 1 aromatic carbocycles. The quantitative estimate of drug-likeness (QED) is 0.797. The fourth-order valence-corrected chi connectivity index (χ4v) is 3.33. The summed E-state index contributed by atoms with van der Waals surface area (Å²) in [6.07, 6.45) is 0.222. The lowest BCUT2D eigenvalue weighted by Crippen LogP contribution is -2.24. The molecular weight excluding hydrogens is 350 g/mol. The molecule has 2 aromatic rings. The standard InChI is InChI=1S/C16H16ClN3O3S/c1-10-14(15(21)19-7-3-6-18)24-16(22)20(10)9-11-8-12(17)4-5-13(11)23-2/h4-5,8H,3,7,9H2,1-2H3,(H,19,21). The van der Waals surface area contributed by atoms with Crippen LogP contribution in [-0.2, 0) is 6.54 Å². The van der Waals surface area contributed by atoms with E-state index < -0.39 is 0 Å². The molecule has 0 atom stereocenters. The number of rotatable bonds is 6. The molecule has 2 rings (SSSR count). The number of methoxy groups -OCH3 is 1. The number of hydrogen-bond donors (Lipinski definition) is 1. The Kier molecular flexibility index (Phi) is 6.01. The Morgan fingerprint density at radius 2 is 2.25 bits per heavy atom. The maximum atomic E-state index is 12.3. The summed E-state index contributed by atoms with van der Waals surface area (Å²) in [5.41, 5.74) is 1.32. The van der Waals surface area contributed by atoms with Gasteiger partial charge in [-0.3, -0.25) is 14.2 Å². The van der Waals surface area contributed by atoms with Gasteiger partial charge in [0.2, 0.25) is 0 Å². The van der Waals surface area contributed by atoms with Crippen LogP contribution in [0.15, 0.2) is 23.0 Å². The molecule has 24 heavy (non-hydrogen) atoms. The Morgan fingerprint density at radius 3 is 2.92 bits per heavy atom. The van der Waals surface area contributed by atoms with E-state index in [0.29, 0.717) is 21.3 Å². The molecule has 0 bridgehead atoms. The summed E-state index contributed by atoms with van der Waals surface area (Å²) in [7, 11) is 1.55. The third-order valence-electron chi connectivity index (χ3n) is 3.44. The van der Waals surface area contributed by atoms with Gasteiger partial charge in [0.25, 0.3) is 5.91 Å². The number of benzene rings is 1. The van der Waals surface area contributed by atoms with Crippen molar-refractivity contribution in [2.24, 2.45) is 0 Å². The van der Waals surface area contributed by atoms with Crippen molar-refractivity contribution in [2.75, 3.05) is 13.7 Å². The van der Waals surface area contributed by atoms with Gasteiger partial charge < -0.3 is 10.1 Å². The Balaban J connectivity index is 2.30. The van der Waals surface area contributed by atoms with Gasteiger partial charge >= 0.3 is 4.87 Å². The minimum atomic E-state index is -0.346. The normalized spacial score (nSPS) is 10.2. The summed E-state index contributed by atoms with van der Waals surface area (Å²) in [5, 5.41) is 11.7. The number of nitrogens with zero attached hydrogens (tertiary/aromatic N) is 2. The Bertz CT molecular complexity index is 851. The van der Waals surface area contributed by atoms with Crippen LogP contribution in [0.5, 0.6) is 5.75 Å². The largest absolute Gasteiger partial charge is 0.496 e. The van der Waals surface area contributed by atoms with Crippen molar-refractivity contribution in [1.29, 1.82) is 5.26 Å². The lowest BCUT2D eigenvalue weighted by Gasteiger charge is -2.11. The van der Waals surface area contributed by atoms with Gasteiger partial charge in [0.15, 0.2) is 0 Å². The van der Waals surface area contributed by atoms with Crippen LogP contribution in [0, 0.1) is 18.3 Å². The first-order valence-electron chi connectivity index (χ1n) is 7.15. The van der Waals surface area contributed by atoms with Gasteiger partial charge in [0.1, 0.15) is 10.6 Å². The van der Waals surface area contributed by atoms with Crippen molar-refractivity contribution in [2.45, 2.75) is 19.9 Å². The Morgan fingerprint density at radius 1 is 1.50 bits per heavy atom. The summed E-state index contributed by atoms with van der Waals surface area (Å²) >= 11 is 6.90. The highest BCUT2D eigenvalue weighted by Crippen LogP contribution is 2.24. The average Bonchev–Trinajstić information content (AvgIpc) is 2.83. The van der Waals surface area contributed by atoms with Crippen LogP contribution in [0.3, 0.4) is 0 Å². The zero-order chi connectivity index (χ0) is 17.7. The highest BCUT2D eigenvalue weighted by atomic mass is 35.5. The first-order chi connectivity index (χ1) is 11.5. The smallest absolute Gasteiger partial charge is 0.308 e. The van der Waals surface area contributed by atoms with Crippen molar-refractivity contribution in [3.8, 4) is 11.8 Å². The zero-order valence-electron chi connectivity index (χ0n) is 13.3. The first-order valence-corrected chi connectivity index (χ1v) is 8.35. The minimum absolute atomic E-state index is 0.222. The number of ether oxygens (including phenoxy) is 1. The zero-order valence-corrected chi connectivity index (χ0v) is 14.8. The predicted molar refractivity (Wildman–Crippen MR) is 93.0 cm³/mol. The van der Waals surface area contributed by atoms with E-state index in [1.54, 1.807) is 32.2 Å². The van der Waals surface area contributed by atoms with Gasteiger partial charge in [-0.2, -0.15) is 5.26 Å². The number of carbonyl (C=O) groups is 1. The molecule has 1 heterocycles. The molecule has 6 nitrogen and oxygen atoms in total. The Hall–Kier alpha value is -2.30. The first kappa shape index (κ1) is 18.0. The molecule has 126 valence electrons. The van der Waals surface area contributed by atoms with E-state index in [9.17, 15) is 9.59 Å². The maximum absolute atomic E-state index is 12.3. The third-order valence-corrected chi connectivity index (χ3v) is 4.76. The SMILES string of the molecule is COc1ccc(Cl)cc1Cn1c(C)c(C(=O)NCCC#N)sc1=O. The van der Waals surface area contributed by atoms with E-state index in [0.717, 1.165) is 16.9 Å². The van der Waals surface area contributed by atoms with Gasteiger partial charge in [0.05, 0.1) is 26.1 Å². The van der Waals surface area contributed by atoms with Gasteiger partial charge in [-0.25, -0.2) is 0 Å². The van der Waals surface area contributed by atoms with E-state index in [-0.39, 0.29) is 30.3 Å². The van der Waals surface area contributed by atoms with Gasteiger partial charge in [0, 0.05) is 22.8 Å². The van der Waals surface area contributed by atoms with Crippen molar-refractivity contribution >= 4 is 28.8 Å². The summed E-state index contributed by atoms with van der Waals surface area (Å²) in [6, 6.07) is 7.13. The molecule has 0 aliphatic heterocycles. The van der Waals surface area contributed by atoms with Crippen molar-refractivity contribution < 1.29 is 9.53 Å². The monoisotopic (exact) mass is 365 g/mol. The van der Waals surface area contributed by atoms with E-state index >= 15 is 0 Å². The van der Waals surface area contributed by atoms with Crippen LogP contribution in [0.25, 0.3) is 0 Å². The van der Waals surface area contributed by atoms with Crippen molar-refractivity contribution in [3.05, 3.63) is 49.0 Å². The molecule has 1 N–H and O–H groups in total. The second-order valence-electron chi connectivity index (χ2n) is 4.99. The summed E-state index contributed by atoms with van der Waals surface area (Å²) in [4.78, 5) is 24.5. The van der Waals surface area contributed by atoms with E-state index in [1.807, 2.05) is 6.07 Å². The topological polar surface area (TPSA) is 84.1 Å². The van der Waals surface area contributed by atoms with Gasteiger partial charge in [-0.05, 0) is 25.1 Å². The second kappa shape index (κ2) is 7.99. The molecule has 1 amide bonds. The molecule has 0 saturated heterocycles. The fraction of sp³-hybridized carbons (Fsp3) is 0.312. The third kappa shape index (κ3) is 3.96. The van der Waals surface area contributed by atoms with Gasteiger partial charge in [-0.1, -0.05) is 22.9 Å². The number of amides is 1. The number of halogens is 1. The van der Waals surface area contributed by atoms with E-state index in [4.69, 9.17) is 21.6 Å². The molecule has 0 spiro atoms. The van der Waals surface area contributed by atoms with Crippen LogP contribution >= 0.6 is 22.9 Å². The lowest BCUT2D eigenvalue weighted by molar-refractivity contribution is 0.0957. The maximum Gasteiger partial charge on any atom is 0.308 e. The van der Waals surface area contributed by atoms with Crippen LogP contribution in [0.4, 0.5) is 0 Å². The van der Waals surface area contributed by atoms with Crippen LogP contribution in [0.1, 0.15) is 27.3 Å². The number of nitrogens with one attached hydrogen (secondary N) is 1.